The van der Waals surface area contributed by atoms with Crippen molar-refractivity contribution in [2.45, 2.75) is 39.3 Å². The summed E-state index contributed by atoms with van der Waals surface area (Å²) >= 11 is 0. The van der Waals surface area contributed by atoms with E-state index in [4.69, 9.17) is 5.73 Å². The van der Waals surface area contributed by atoms with Gasteiger partial charge in [-0.25, -0.2) is 0 Å². The standard InChI is InChI=1S/C15H26N4/c1-4-19-7-5-14(6-8-19)18(3)15-9-12(2)17-11-13(15)10-16/h9,11,14H,4-8,10,16H2,1-3H3. The van der Waals surface area contributed by atoms with Gasteiger partial charge < -0.3 is 15.5 Å². The van der Waals surface area contributed by atoms with E-state index in [9.17, 15) is 0 Å². The minimum atomic E-state index is 0.556. The lowest BCUT2D eigenvalue weighted by Gasteiger charge is -2.38. The number of hydrogen-bond donors (Lipinski definition) is 1. The molecule has 1 saturated heterocycles. The molecule has 1 aromatic rings. The maximum Gasteiger partial charge on any atom is 0.0445 e. The summed E-state index contributed by atoms with van der Waals surface area (Å²) in [6.45, 7) is 8.40. The minimum Gasteiger partial charge on any atom is -0.371 e. The molecule has 2 N–H and O–H groups in total. The molecule has 1 aliphatic heterocycles. The third-order valence-corrected chi connectivity index (χ3v) is 4.25. The number of rotatable bonds is 4. The minimum absolute atomic E-state index is 0.556. The third-order valence-electron chi connectivity index (χ3n) is 4.25. The highest BCUT2D eigenvalue weighted by atomic mass is 15.2. The fraction of sp³-hybridized carbons (Fsp3) is 0.667. The molecular formula is C15H26N4. The summed E-state index contributed by atoms with van der Waals surface area (Å²) in [7, 11) is 2.19. The fourth-order valence-electron chi connectivity index (χ4n) is 2.88. The van der Waals surface area contributed by atoms with Crippen molar-refractivity contribution in [3.05, 3.63) is 23.5 Å². The van der Waals surface area contributed by atoms with Crippen LogP contribution in [-0.4, -0.2) is 42.6 Å². The summed E-state index contributed by atoms with van der Waals surface area (Å²) in [5.74, 6) is 0. The van der Waals surface area contributed by atoms with E-state index in [1.807, 2.05) is 13.1 Å². The van der Waals surface area contributed by atoms with Crippen molar-refractivity contribution in [2.24, 2.45) is 5.73 Å². The second kappa shape index (κ2) is 6.35. The van der Waals surface area contributed by atoms with Gasteiger partial charge in [0.05, 0.1) is 0 Å². The second-order valence-corrected chi connectivity index (χ2v) is 5.43. The highest BCUT2D eigenvalue weighted by Crippen LogP contribution is 2.25. The number of anilines is 1. The summed E-state index contributed by atoms with van der Waals surface area (Å²) in [5.41, 5.74) is 9.30. The van der Waals surface area contributed by atoms with E-state index in [1.54, 1.807) is 0 Å². The number of hydrogen-bond acceptors (Lipinski definition) is 4. The van der Waals surface area contributed by atoms with Crippen molar-refractivity contribution in [1.29, 1.82) is 0 Å². The lowest BCUT2D eigenvalue weighted by molar-refractivity contribution is 0.221. The van der Waals surface area contributed by atoms with Gasteiger partial charge in [0.25, 0.3) is 0 Å². The van der Waals surface area contributed by atoms with Gasteiger partial charge in [-0.3, -0.25) is 4.98 Å². The van der Waals surface area contributed by atoms with Crippen LogP contribution in [0.3, 0.4) is 0 Å². The van der Waals surface area contributed by atoms with Gasteiger partial charge in [-0.15, -0.1) is 0 Å². The van der Waals surface area contributed by atoms with E-state index >= 15 is 0 Å². The topological polar surface area (TPSA) is 45.4 Å². The fourth-order valence-corrected chi connectivity index (χ4v) is 2.88. The van der Waals surface area contributed by atoms with Gasteiger partial charge in [-0.2, -0.15) is 0 Å². The zero-order chi connectivity index (χ0) is 13.8. The number of likely N-dealkylation sites (tertiary alicyclic amines) is 1. The van der Waals surface area contributed by atoms with Crippen LogP contribution in [0.4, 0.5) is 5.69 Å². The predicted molar refractivity (Wildman–Crippen MR) is 80.4 cm³/mol. The van der Waals surface area contributed by atoms with Gasteiger partial charge in [0.2, 0.25) is 0 Å². The number of nitrogens with two attached hydrogens (primary N) is 1. The Morgan fingerprint density at radius 3 is 2.68 bits per heavy atom. The first-order chi connectivity index (χ1) is 9.15. The first-order valence-electron chi connectivity index (χ1n) is 7.26. The van der Waals surface area contributed by atoms with Gasteiger partial charge in [0.1, 0.15) is 0 Å². The van der Waals surface area contributed by atoms with Crippen LogP contribution >= 0.6 is 0 Å². The van der Waals surface area contributed by atoms with Crippen LogP contribution < -0.4 is 10.6 Å². The van der Waals surface area contributed by atoms with E-state index in [0.717, 1.165) is 11.3 Å². The Hall–Kier alpha value is -1.13. The normalized spacial score (nSPS) is 17.7. The number of pyridine rings is 1. The Kier molecular flexibility index (Phi) is 4.77. The molecule has 0 atom stereocenters. The van der Waals surface area contributed by atoms with Gasteiger partial charge in [-0.1, -0.05) is 6.92 Å². The largest absolute Gasteiger partial charge is 0.371 e. The molecule has 0 saturated carbocycles. The SMILES string of the molecule is CCN1CCC(N(C)c2cc(C)ncc2CN)CC1. The van der Waals surface area contributed by atoms with Gasteiger partial charge in [0.15, 0.2) is 0 Å². The molecule has 0 unspecified atom stereocenters. The summed E-state index contributed by atoms with van der Waals surface area (Å²) in [5, 5.41) is 0. The maximum absolute atomic E-state index is 5.84. The molecule has 1 aliphatic rings. The van der Waals surface area contributed by atoms with Gasteiger partial charge in [-0.05, 0) is 32.4 Å². The van der Waals surface area contributed by atoms with Crippen molar-refractivity contribution in [2.75, 3.05) is 31.6 Å². The molecule has 1 aromatic heterocycles. The van der Waals surface area contributed by atoms with Crippen LogP contribution in [0.5, 0.6) is 0 Å². The van der Waals surface area contributed by atoms with E-state index < -0.39 is 0 Å². The van der Waals surface area contributed by atoms with E-state index in [-0.39, 0.29) is 0 Å². The van der Waals surface area contributed by atoms with Crippen molar-refractivity contribution in [1.82, 2.24) is 9.88 Å². The average Bonchev–Trinajstić information content (AvgIpc) is 2.46. The van der Waals surface area contributed by atoms with E-state index in [1.165, 1.54) is 38.2 Å². The molecule has 2 heterocycles. The number of piperidine rings is 1. The smallest absolute Gasteiger partial charge is 0.0445 e. The molecule has 4 nitrogen and oxygen atoms in total. The van der Waals surface area contributed by atoms with E-state index in [2.05, 4.69) is 34.8 Å². The lowest BCUT2D eigenvalue weighted by Crippen LogP contribution is -2.43. The predicted octanol–water partition coefficient (Wildman–Crippen LogP) is 1.77. The number of aryl methyl sites for hydroxylation is 1. The molecule has 19 heavy (non-hydrogen) atoms. The van der Waals surface area contributed by atoms with Crippen LogP contribution in [0.25, 0.3) is 0 Å². The molecule has 106 valence electrons. The Morgan fingerprint density at radius 1 is 1.42 bits per heavy atom. The third kappa shape index (κ3) is 3.25. The maximum atomic E-state index is 5.84. The Bertz CT molecular complexity index is 411. The molecule has 0 aromatic carbocycles. The van der Waals surface area contributed by atoms with Crippen molar-refractivity contribution < 1.29 is 0 Å². The Morgan fingerprint density at radius 2 is 2.11 bits per heavy atom. The van der Waals surface area contributed by atoms with Crippen LogP contribution in [0.15, 0.2) is 12.3 Å². The zero-order valence-electron chi connectivity index (χ0n) is 12.4. The highest BCUT2D eigenvalue weighted by Gasteiger charge is 2.23. The second-order valence-electron chi connectivity index (χ2n) is 5.43. The Balaban J connectivity index is 2.11. The summed E-state index contributed by atoms with van der Waals surface area (Å²) in [6.07, 6.45) is 4.38. The molecule has 4 heteroatoms. The first-order valence-corrected chi connectivity index (χ1v) is 7.26. The van der Waals surface area contributed by atoms with Crippen molar-refractivity contribution in [3.8, 4) is 0 Å². The monoisotopic (exact) mass is 262 g/mol. The molecule has 0 aliphatic carbocycles. The Labute approximate surface area is 116 Å². The van der Waals surface area contributed by atoms with Crippen LogP contribution in [-0.2, 0) is 6.54 Å². The molecular weight excluding hydrogens is 236 g/mol. The van der Waals surface area contributed by atoms with Crippen molar-refractivity contribution in [3.63, 3.8) is 0 Å². The number of nitrogens with zero attached hydrogens (tertiary/aromatic N) is 3. The molecule has 0 amide bonds. The van der Waals surface area contributed by atoms with Gasteiger partial charge >= 0.3 is 0 Å². The van der Waals surface area contributed by atoms with Crippen LogP contribution in [0.1, 0.15) is 31.0 Å². The quantitative estimate of drug-likeness (QED) is 0.898. The van der Waals surface area contributed by atoms with Crippen LogP contribution in [0, 0.1) is 6.92 Å². The lowest BCUT2D eigenvalue weighted by atomic mass is 10.0. The molecule has 0 bridgehead atoms. The zero-order valence-corrected chi connectivity index (χ0v) is 12.4. The molecule has 0 spiro atoms. The average molecular weight is 262 g/mol. The van der Waals surface area contributed by atoms with Crippen LogP contribution in [0.2, 0.25) is 0 Å². The first kappa shape index (κ1) is 14.3. The summed E-state index contributed by atoms with van der Waals surface area (Å²) in [6, 6.07) is 2.78. The highest BCUT2D eigenvalue weighted by molar-refractivity contribution is 5.53. The summed E-state index contributed by atoms with van der Waals surface area (Å²) in [4.78, 5) is 9.28. The van der Waals surface area contributed by atoms with Gasteiger partial charge in [0, 0.05) is 55.9 Å². The molecule has 2 rings (SSSR count). The molecule has 1 fully saturated rings. The molecule has 0 radical (unpaired) electrons. The number of aromatic nitrogens is 1. The van der Waals surface area contributed by atoms with E-state index in [0.29, 0.717) is 12.6 Å². The summed E-state index contributed by atoms with van der Waals surface area (Å²) < 4.78 is 0. The van der Waals surface area contributed by atoms with Crippen molar-refractivity contribution >= 4 is 5.69 Å².